The summed E-state index contributed by atoms with van der Waals surface area (Å²) in [6.45, 7) is 5.12. The van der Waals surface area contributed by atoms with E-state index in [1.807, 2.05) is 6.92 Å². The summed E-state index contributed by atoms with van der Waals surface area (Å²) in [7, 11) is 0. The number of fused-ring (bicyclic) bond motifs is 1. The molecule has 5 heteroatoms. The van der Waals surface area contributed by atoms with E-state index in [0.29, 0.717) is 17.0 Å². The van der Waals surface area contributed by atoms with Gasteiger partial charge in [-0.25, -0.2) is 14.4 Å². The summed E-state index contributed by atoms with van der Waals surface area (Å²) in [6, 6.07) is 3.09. The van der Waals surface area contributed by atoms with Crippen LogP contribution >= 0.6 is 0 Å². The molecule has 4 nitrogen and oxygen atoms in total. The van der Waals surface area contributed by atoms with Gasteiger partial charge in [-0.1, -0.05) is 0 Å². The first-order valence-electron chi connectivity index (χ1n) is 5.24. The Morgan fingerprint density at radius 3 is 2.65 bits per heavy atom. The maximum atomic E-state index is 13.5. The van der Waals surface area contributed by atoms with E-state index in [1.165, 1.54) is 6.07 Å². The van der Waals surface area contributed by atoms with Gasteiger partial charge in [-0.2, -0.15) is 0 Å². The minimum atomic E-state index is -0.284. The number of anilines is 1. The minimum Gasteiger partial charge on any atom is -0.313 e. The Bertz CT molecular complexity index is 607. The Labute approximate surface area is 98.4 Å². The van der Waals surface area contributed by atoms with Crippen molar-refractivity contribution in [1.82, 2.24) is 9.97 Å². The number of hydrogen-bond acceptors (Lipinski definition) is 3. The normalized spacial score (nSPS) is 10.6. The first kappa shape index (κ1) is 11.4. The van der Waals surface area contributed by atoms with Gasteiger partial charge >= 0.3 is 0 Å². The molecule has 0 amide bonds. The largest absolute Gasteiger partial charge is 0.313 e. The summed E-state index contributed by atoms with van der Waals surface area (Å²) in [5.41, 5.74) is 1.85. The van der Waals surface area contributed by atoms with Crippen molar-refractivity contribution in [2.24, 2.45) is 0 Å². The second-order valence-electron chi connectivity index (χ2n) is 3.95. The van der Waals surface area contributed by atoms with E-state index in [4.69, 9.17) is 5.41 Å². The molecule has 17 heavy (non-hydrogen) atoms. The fourth-order valence-electron chi connectivity index (χ4n) is 1.69. The zero-order valence-corrected chi connectivity index (χ0v) is 9.93. The number of aromatic nitrogens is 2. The third-order valence-corrected chi connectivity index (χ3v) is 2.55. The topological polar surface area (TPSA) is 61.7 Å². The van der Waals surface area contributed by atoms with Crippen LogP contribution in [0.15, 0.2) is 12.1 Å². The summed E-state index contributed by atoms with van der Waals surface area (Å²) in [4.78, 5) is 8.46. The van der Waals surface area contributed by atoms with Crippen LogP contribution in [0, 0.1) is 25.1 Å². The van der Waals surface area contributed by atoms with Gasteiger partial charge in [-0.05, 0) is 32.9 Å². The maximum absolute atomic E-state index is 13.5. The molecule has 0 aliphatic rings. The molecule has 88 valence electrons. The van der Waals surface area contributed by atoms with E-state index in [0.717, 1.165) is 11.1 Å². The van der Waals surface area contributed by atoms with Crippen molar-refractivity contribution in [1.29, 1.82) is 5.41 Å². The van der Waals surface area contributed by atoms with E-state index in [1.54, 1.807) is 19.9 Å². The van der Waals surface area contributed by atoms with Crippen molar-refractivity contribution in [3.05, 3.63) is 29.2 Å². The molecule has 0 fully saturated rings. The lowest BCUT2D eigenvalue weighted by Gasteiger charge is -2.08. The molecule has 0 saturated heterocycles. The predicted molar refractivity (Wildman–Crippen MR) is 66.0 cm³/mol. The van der Waals surface area contributed by atoms with Crippen molar-refractivity contribution in [2.45, 2.75) is 20.8 Å². The second-order valence-corrected chi connectivity index (χ2v) is 3.95. The van der Waals surface area contributed by atoms with Crippen molar-refractivity contribution in [2.75, 3.05) is 5.32 Å². The highest BCUT2D eigenvalue weighted by Crippen LogP contribution is 2.22. The van der Waals surface area contributed by atoms with Crippen LogP contribution in [0.4, 0.5) is 10.3 Å². The van der Waals surface area contributed by atoms with Crippen LogP contribution < -0.4 is 5.32 Å². The van der Waals surface area contributed by atoms with Crippen LogP contribution in [0.5, 0.6) is 0 Å². The van der Waals surface area contributed by atoms with Crippen molar-refractivity contribution in [3.63, 3.8) is 0 Å². The molecule has 0 radical (unpaired) electrons. The highest BCUT2D eigenvalue weighted by Gasteiger charge is 2.09. The highest BCUT2D eigenvalue weighted by atomic mass is 19.1. The minimum absolute atomic E-state index is 0.248. The van der Waals surface area contributed by atoms with Crippen molar-refractivity contribution in [3.8, 4) is 0 Å². The molecule has 2 rings (SSSR count). The molecule has 1 heterocycles. The number of nitrogens with one attached hydrogen (secondary N) is 2. The smallest absolute Gasteiger partial charge is 0.228 e. The Kier molecular flexibility index (Phi) is 2.75. The lowest BCUT2D eigenvalue weighted by molar-refractivity contribution is 0.620. The van der Waals surface area contributed by atoms with Gasteiger partial charge in [0.1, 0.15) is 5.82 Å². The van der Waals surface area contributed by atoms with Gasteiger partial charge in [0.05, 0.1) is 17.0 Å². The van der Waals surface area contributed by atoms with Gasteiger partial charge in [0.2, 0.25) is 5.95 Å². The lowest BCUT2D eigenvalue weighted by Crippen LogP contribution is -2.09. The molecule has 0 spiro atoms. The average Bonchev–Trinajstić information content (AvgIpc) is 2.23. The van der Waals surface area contributed by atoms with Gasteiger partial charge in [-0.15, -0.1) is 0 Å². The van der Waals surface area contributed by atoms with E-state index < -0.39 is 0 Å². The maximum Gasteiger partial charge on any atom is 0.228 e. The molecular weight excluding hydrogens is 219 g/mol. The molecule has 1 aromatic carbocycles. The standard InChI is InChI=1S/C12H13FN4/c1-6-10(13)5-4-9-7(2)15-12(16-8(3)14)17-11(6)9/h4-5H,1-3H3,(H2,14,15,16,17). The third kappa shape index (κ3) is 2.08. The van der Waals surface area contributed by atoms with Crippen LogP contribution in [0.1, 0.15) is 18.2 Å². The second kappa shape index (κ2) is 4.08. The molecule has 0 atom stereocenters. The summed E-state index contributed by atoms with van der Waals surface area (Å²) >= 11 is 0. The van der Waals surface area contributed by atoms with Crippen LogP contribution in [0.25, 0.3) is 10.9 Å². The third-order valence-electron chi connectivity index (χ3n) is 2.55. The fraction of sp³-hybridized carbons (Fsp3) is 0.250. The van der Waals surface area contributed by atoms with Crippen LogP contribution in [0.3, 0.4) is 0 Å². The first-order valence-corrected chi connectivity index (χ1v) is 5.24. The molecule has 0 aliphatic carbocycles. The van der Waals surface area contributed by atoms with E-state index in [-0.39, 0.29) is 11.7 Å². The molecule has 1 aromatic heterocycles. The average molecular weight is 232 g/mol. The Morgan fingerprint density at radius 2 is 2.00 bits per heavy atom. The van der Waals surface area contributed by atoms with E-state index >= 15 is 0 Å². The Balaban J connectivity index is 2.70. The Morgan fingerprint density at radius 1 is 1.29 bits per heavy atom. The number of amidine groups is 1. The molecule has 0 saturated carbocycles. The van der Waals surface area contributed by atoms with Gasteiger partial charge in [-0.3, -0.25) is 5.41 Å². The van der Waals surface area contributed by atoms with Crippen LogP contribution in [-0.4, -0.2) is 15.8 Å². The van der Waals surface area contributed by atoms with Gasteiger partial charge < -0.3 is 5.32 Å². The molecule has 2 aromatic rings. The number of aryl methyl sites for hydroxylation is 2. The summed E-state index contributed by atoms with van der Waals surface area (Å²) in [5.74, 6) is 0.294. The number of nitrogens with zero attached hydrogens (tertiary/aromatic N) is 2. The highest BCUT2D eigenvalue weighted by molar-refractivity contribution is 5.91. The van der Waals surface area contributed by atoms with E-state index in [2.05, 4.69) is 15.3 Å². The fourth-order valence-corrected chi connectivity index (χ4v) is 1.69. The quantitative estimate of drug-likeness (QED) is 0.587. The molecule has 0 aliphatic heterocycles. The lowest BCUT2D eigenvalue weighted by atomic mass is 10.1. The van der Waals surface area contributed by atoms with Crippen molar-refractivity contribution >= 4 is 22.7 Å². The number of benzene rings is 1. The van der Waals surface area contributed by atoms with Gasteiger partial charge in [0.25, 0.3) is 0 Å². The van der Waals surface area contributed by atoms with E-state index in [9.17, 15) is 4.39 Å². The van der Waals surface area contributed by atoms with Crippen LogP contribution in [0.2, 0.25) is 0 Å². The molecule has 2 N–H and O–H groups in total. The number of halogens is 1. The van der Waals surface area contributed by atoms with Gasteiger partial charge in [0, 0.05) is 10.9 Å². The van der Waals surface area contributed by atoms with Crippen LogP contribution in [-0.2, 0) is 0 Å². The first-order chi connectivity index (χ1) is 7.99. The predicted octanol–water partition coefficient (Wildman–Crippen LogP) is 2.79. The zero-order valence-electron chi connectivity index (χ0n) is 9.93. The summed E-state index contributed by atoms with van der Waals surface area (Å²) in [6.07, 6.45) is 0. The number of rotatable bonds is 1. The van der Waals surface area contributed by atoms with Gasteiger partial charge in [0.15, 0.2) is 0 Å². The zero-order chi connectivity index (χ0) is 12.6. The monoisotopic (exact) mass is 232 g/mol. The van der Waals surface area contributed by atoms with Crippen molar-refractivity contribution < 1.29 is 4.39 Å². The molecule has 0 bridgehead atoms. The summed E-state index contributed by atoms with van der Waals surface area (Å²) in [5, 5.41) is 10.9. The SMILES string of the molecule is CC(=N)Nc1nc(C)c2ccc(F)c(C)c2n1. The number of hydrogen-bond donors (Lipinski definition) is 2. The molecule has 0 unspecified atom stereocenters. The molecular formula is C12H13FN4. The Hall–Kier alpha value is -2.04. The summed E-state index contributed by atoms with van der Waals surface area (Å²) < 4.78 is 13.5.